The van der Waals surface area contributed by atoms with Crippen molar-refractivity contribution in [3.8, 4) is 6.07 Å². The van der Waals surface area contributed by atoms with Gasteiger partial charge in [-0.05, 0) is 55.7 Å². The van der Waals surface area contributed by atoms with Gasteiger partial charge in [0, 0.05) is 12.5 Å². The standard InChI is InChI=1S/C26H20F4N4O3/c1-15-14-37-23(32-15)18-9-25(10-18)24(36)33(21-7-4-17(11-31)8-20(21)27)13-22(35)34(25)12-16-2-5-19(6-3-16)26(28,29)30/h2-8,14,18H,9-10,12-13H2,1H3/t18-,25+. The molecule has 5 rings (SSSR count). The van der Waals surface area contributed by atoms with Gasteiger partial charge in [-0.1, -0.05) is 12.1 Å². The predicted octanol–water partition coefficient (Wildman–Crippen LogP) is 4.70. The zero-order valence-corrected chi connectivity index (χ0v) is 19.6. The number of piperazine rings is 1. The molecule has 0 bridgehead atoms. The predicted molar refractivity (Wildman–Crippen MR) is 121 cm³/mol. The molecule has 1 saturated carbocycles. The number of hydrogen-bond acceptors (Lipinski definition) is 5. The molecular weight excluding hydrogens is 492 g/mol. The van der Waals surface area contributed by atoms with Crippen molar-refractivity contribution < 1.29 is 31.6 Å². The summed E-state index contributed by atoms with van der Waals surface area (Å²) in [4.78, 5) is 34.0. The molecule has 1 aliphatic carbocycles. The first-order valence-electron chi connectivity index (χ1n) is 11.4. The van der Waals surface area contributed by atoms with Gasteiger partial charge in [-0.15, -0.1) is 0 Å². The van der Waals surface area contributed by atoms with Gasteiger partial charge in [-0.3, -0.25) is 14.5 Å². The molecule has 1 spiro atoms. The highest BCUT2D eigenvalue weighted by molar-refractivity contribution is 6.10. The molecule has 2 amide bonds. The van der Waals surface area contributed by atoms with E-state index in [2.05, 4.69) is 4.98 Å². The molecule has 37 heavy (non-hydrogen) atoms. The number of hydrogen-bond donors (Lipinski definition) is 0. The third-order valence-electron chi connectivity index (χ3n) is 6.90. The molecule has 0 radical (unpaired) electrons. The third kappa shape index (κ3) is 4.22. The maximum atomic E-state index is 14.8. The number of oxazole rings is 1. The van der Waals surface area contributed by atoms with Crippen molar-refractivity contribution in [1.82, 2.24) is 9.88 Å². The Labute approximate surface area is 208 Å². The molecule has 2 aromatic carbocycles. The Bertz CT molecular complexity index is 1420. The van der Waals surface area contributed by atoms with E-state index in [0.717, 1.165) is 23.1 Å². The van der Waals surface area contributed by atoms with Crippen molar-refractivity contribution in [1.29, 1.82) is 5.26 Å². The van der Waals surface area contributed by atoms with E-state index in [4.69, 9.17) is 9.68 Å². The maximum Gasteiger partial charge on any atom is 0.416 e. The van der Waals surface area contributed by atoms with Crippen LogP contribution in [0.5, 0.6) is 0 Å². The molecule has 1 aliphatic heterocycles. The van der Waals surface area contributed by atoms with Gasteiger partial charge in [0.15, 0.2) is 5.89 Å². The van der Waals surface area contributed by atoms with Crippen LogP contribution in [0.3, 0.4) is 0 Å². The fraction of sp³-hybridized carbons (Fsp3) is 0.308. The lowest BCUT2D eigenvalue weighted by Crippen LogP contribution is -2.72. The van der Waals surface area contributed by atoms with Crippen molar-refractivity contribution in [2.24, 2.45) is 0 Å². The van der Waals surface area contributed by atoms with Crippen LogP contribution in [0.4, 0.5) is 23.2 Å². The number of amides is 2. The fourth-order valence-electron chi connectivity index (χ4n) is 4.99. The first-order chi connectivity index (χ1) is 17.5. The van der Waals surface area contributed by atoms with Gasteiger partial charge in [0.25, 0.3) is 5.91 Å². The Hall–Kier alpha value is -4.20. The van der Waals surface area contributed by atoms with Crippen LogP contribution < -0.4 is 4.90 Å². The summed E-state index contributed by atoms with van der Waals surface area (Å²) in [6, 6.07) is 9.86. The van der Waals surface area contributed by atoms with Gasteiger partial charge in [-0.25, -0.2) is 9.37 Å². The van der Waals surface area contributed by atoms with E-state index < -0.39 is 41.5 Å². The van der Waals surface area contributed by atoms with Crippen LogP contribution in [0, 0.1) is 24.1 Å². The lowest BCUT2D eigenvalue weighted by Gasteiger charge is -2.56. The van der Waals surface area contributed by atoms with Gasteiger partial charge in [0.05, 0.1) is 28.6 Å². The van der Waals surface area contributed by atoms with Gasteiger partial charge in [0.2, 0.25) is 5.91 Å². The summed E-state index contributed by atoms with van der Waals surface area (Å²) in [7, 11) is 0. The van der Waals surface area contributed by atoms with Crippen LogP contribution in [0.1, 0.15) is 47.0 Å². The topological polar surface area (TPSA) is 90.4 Å². The average Bonchev–Trinajstić information content (AvgIpc) is 3.26. The van der Waals surface area contributed by atoms with E-state index in [-0.39, 0.29) is 36.6 Å². The Morgan fingerprint density at radius 3 is 2.43 bits per heavy atom. The molecule has 2 heterocycles. The van der Waals surface area contributed by atoms with E-state index >= 15 is 0 Å². The second-order valence-electron chi connectivity index (χ2n) is 9.31. The minimum atomic E-state index is -4.50. The molecule has 190 valence electrons. The van der Waals surface area contributed by atoms with E-state index in [9.17, 15) is 27.2 Å². The molecule has 0 N–H and O–H groups in total. The van der Waals surface area contributed by atoms with Gasteiger partial charge in [0.1, 0.15) is 24.2 Å². The number of benzene rings is 2. The number of rotatable bonds is 4. The number of carbonyl (C=O) groups is 2. The van der Waals surface area contributed by atoms with Crippen molar-refractivity contribution in [3.63, 3.8) is 0 Å². The monoisotopic (exact) mass is 512 g/mol. The first-order valence-corrected chi connectivity index (χ1v) is 11.4. The summed E-state index contributed by atoms with van der Waals surface area (Å²) in [6.45, 7) is 1.21. The first kappa shape index (κ1) is 24.5. The second kappa shape index (κ2) is 8.73. The van der Waals surface area contributed by atoms with Crippen LogP contribution >= 0.6 is 0 Å². The SMILES string of the molecule is Cc1coc([C@H]2C[C@@]3(C2)C(=O)N(c2ccc(C#N)cc2F)CC(=O)N3Cc2ccc(C(F)(F)F)cc2)n1. The minimum absolute atomic E-state index is 0.0682. The summed E-state index contributed by atoms with van der Waals surface area (Å²) in [5.41, 5.74) is -1.16. The quantitative estimate of drug-likeness (QED) is 0.473. The summed E-state index contributed by atoms with van der Waals surface area (Å²) >= 11 is 0. The Morgan fingerprint density at radius 2 is 1.86 bits per heavy atom. The van der Waals surface area contributed by atoms with Crippen molar-refractivity contribution in [2.45, 2.75) is 43.9 Å². The highest BCUT2D eigenvalue weighted by atomic mass is 19.4. The highest BCUT2D eigenvalue weighted by Gasteiger charge is 2.61. The average molecular weight is 512 g/mol. The second-order valence-corrected chi connectivity index (χ2v) is 9.31. The van der Waals surface area contributed by atoms with Gasteiger partial charge < -0.3 is 9.32 Å². The van der Waals surface area contributed by atoms with Crippen LogP contribution in [-0.2, 0) is 22.3 Å². The summed E-state index contributed by atoms with van der Waals surface area (Å²) < 4.78 is 59.3. The van der Waals surface area contributed by atoms with E-state index in [1.54, 1.807) is 6.92 Å². The number of halogens is 4. The van der Waals surface area contributed by atoms with Crippen LogP contribution in [0.25, 0.3) is 0 Å². The number of alkyl halides is 3. The summed E-state index contributed by atoms with van der Waals surface area (Å²) in [5.74, 6) is -1.66. The summed E-state index contributed by atoms with van der Waals surface area (Å²) in [5, 5.41) is 9.03. The normalized spacial score (nSPS) is 21.8. The fourth-order valence-corrected chi connectivity index (χ4v) is 4.99. The van der Waals surface area contributed by atoms with Crippen LogP contribution in [0.2, 0.25) is 0 Å². The molecular formula is C26H20F4N4O3. The molecule has 11 heteroatoms. The molecule has 2 fully saturated rings. The molecule has 0 unspecified atom stereocenters. The molecule has 7 nitrogen and oxygen atoms in total. The molecule has 0 atom stereocenters. The lowest BCUT2D eigenvalue weighted by molar-refractivity contribution is -0.160. The number of anilines is 1. The number of aryl methyl sites for hydroxylation is 1. The zero-order valence-electron chi connectivity index (χ0n) is 19.6. The Balaban J connectivity index is 1.48. The van der Waals surface area contributed by atoms with Crippen LogP contribution in [-0.4, -0.2) is 33.8 Å². The van der Waals surface area contributed by atoms with E-state index in [1.165, 1.54) is 35.4 Å². The highest BCUT2D eigenvalue weighted by Crippen LogP contribution is 2.51. The molecule has 2 aliphatic rings. The Kier molecular flexibility index (Phi) is 5.78. The van der Waals surface area contributed by atoms with Crippen molar-refractivity contribution in [2.75, 3.05) is 11.4 Å². The van der Waals surface area contributed by atoms with E-state index in [0.29, 0.717) is 17.1 Å². The van der Waals surface area contributed by atoms with E-state index in [1.807, 2.05) is 6.07 Å². The minimum Gasteiger partial charge on any atom is -0.448 e. The number of nitrogens with zero attached hydrogens (tertiary/aromatic N) is 4. The molecule has 1 saturated heterocycles. The number of aromatic nitrogens is 1. The van der Waals surface area contributed by atoms with Gasteiger partial charge >= 0.3 is 6.18 Å². The maximum absolute atomic E-state index is 14.8. The zero-order chi connectivity index (χ0) is 26.5. The third-order valence-corrected chi connectivity index (χ3v) is 6.90. The molecule has 3 aromatic rings. The largest absolute Gasteiger partial charge is 0.448 e. The van der Waals surface area contributed by atoms with Crippen molar-refractivity contribution in [3.05, 3.63) is 82.8 Å². The number of nitriles is 1. The summed E-state index contributed by atoms with van der Waals surface area (Å²) in [6.07, 6.45) is -2.70. The Morgan fingerprint density at radius 1 is 1.16 bits per heavy atom. The van der Waals surface area contributed by atoms with Crippen LogP contribution in [0.15, 0.2) is 53.1 Å². The van der Waals surface area contributed by atoms with Gasteiger partial charge in [-0.2, -0.15) is 18.4 Å². The van der Waals surface area contributed by atoms with Crippen molar-refractivity contribution >= 4 is 17.5 Å². The smallest absolute Gasteiger partial charge is 0.416 e. The molecule has 1 aromatic heterocycles. The number of carbonyl (C=O) groups excluding carboxylic acids is 2. The lowest BCUT2D eigenvalue weighted by atomic mass is 9.65.